The Hall–Kier alpha value is -4.80. The standard InChI is InChI=1S/C32H30N6O3S/c1-37(2)31(39)22-7-12-25(13-8-22)34-32(40)33-24-10-5-21(6-11-24)29-35-27-20-23(28-4-3-19-42-28)9-14-26(27)30(36-29)38-15-17-41-18-16-38/h3-14,19-20H,15-18H2,1-2H3,(H2,33,34,40). The maximum atomic E-state index is 12.6. The molecule has 0 saturated carbocycles. The van der Waals surface area contributed by atoms with Gasteiger partial charge in [-0.25, -0.2) is 14.8 Å². The van der Waals surface area contributed by atoms with Crippen molar-refractivity contribution < 1.29 is 14.3 Å². The van der Waals surface area contributed by atoms with E-state index < -0.39 is 0 Å². The van der Waals surface area contributed by atoms with Gasteiger partial charge in [0.2, 0.25) is 0 Å². The topological polar surface area (TPSA) is 99.7 Å². The number of thiophene rings is 1. The number of ether oxygens (including phenoxy) is 1. The van der Waals surface area contributed by atoms with E-state index in [1.165, 1.54) is 9.78 Å². The molecule has 6 rings (SSSR count). The second kappa shape index (κ2) is 12.0. The Balaban J connectivity index is 1.22. The number of benzene rings is 3. The van der Waals surface area contributed by atoms with Crippen LogP contribution in [-0.2, 0) is 4.74 Å². The molecule has 9 nitrogen and oxygen atoms in total. The van der Waals surface area contributed by atoms with Crippen LogP contribution in [0.3, 0.4) is 0 Å². The molecule has 3 aromatic carbocycles. The first-order valence-corrected chi connectivity index (χ1v) is 14.5. The van der Waals surface area contributed by atoms with Crippen molar-refractivity contribution in [1.29, 1.82) is 0 Å². The highest BCUT2D eigenvalue weighted by Crippen LogP contribution is 2.33. The van der Waals surface area contributed by atoms with Gasteiger partial charge in [-0.15, -0.1) is 11.3 Å². The molecule has 1 fully saturated rings. The Morgan fingerprint density at radius 1 is 0.857 bits per heavy atom. The van der Waals surface area contributed by atoms with Crippen molar-refractivity contribution in [3.05, 3.63) is 89.8 Å². The van der Waals surface area contributed by atoms with Gasteiger partial charge in [0.15, 0.2) is 5.82 Å². The molecule has 0 spiro atoms. The minimum atomic E-state index is -0.382. The lowest BCUT2D eigenvalue weighted by molar-refractivity contribution is 0.0827. The minimum Gasteiger partial charge on any atom is -0.378 e. The molecule has 3 heterocycles. The first-order chi connectivity index (χ1) is 20.4. The van der Waals surface area contributed by atoms with Gasteiger partial charge in [0.25, 0.3) is 5.91 Å². The third-order valence-electron chi connectivity index (χ3n) is 6.99. The van der Waals surface area contributed by atoms with E-state index in [2.05, 4.69) is 51.2 Å². The number of anilines is 3. The summed E-state index contributed by atoms with van der Waals surface area (Å²) in [6.45, 7) is 2.86. The second-order valence-corrected chi connectivity index (χ2v) is 11.1. The molecule has 2 aromatic heterocycles. The van der Waals surface area contributed by atoms with Crippen molar-refractivity contribution >= 4 is 51.4 Å². The van der Waals surface area contributed by atoms with Gasteiger partial charge in [-0.1, -0.05) is 12.1 Å². The van der Waals surface area contributed by atoms with Crippen LogP contribution in [0.25, 0.3) is 32.7 Å². The summed E-state index contributed by atoms with van der Waals surface area (Å²) in [6, 6.07) is 24.4. The van der Waals surface area contributed by atoms with Gasteiger partial charge in [0, 0.05) is 59.9 Å². The minimum absolute atomic E-state index is 0.0958. The molecule has 0 bridgehead atoms. The Labute approximate surface area is 247 Å². The van der Waals surface area contributed by atoms with Gasteiger partial charge >= 0.3 is 6.03 Å². The molecule has 3 amide bonds. The fraction of sp³-hybridized carbons (Fsp3) is 0.188. The van der Waals surface area contributed by atoms with Gasteiger partial charge < -0.3 is 25.2 Å². The number of urea groups is 1. The molecule has 2 N–H and O–H groups in total. The molecule has 0 atom stereocenters. The Morgan fingerprint density at radius 2 is 1.52 bits per heavy atom. The quantitative estimate of drug-likeness (QED) is 0.249. The lowest BCUT2D eigenvalue weighted by Gasteiger charge is -2.29. The fourth-order valence-corrected chi connectivity index (χ4v) is 5.53. The van der Waals surface area contributed by atoms with Crippen molar-refractivity contribution in [1.82, 2.24) is 14.9 Å². The third kappa shape index (κ3) is 5.95. The summed E-state index contributed by atoms with van der Waals surface area (Å²) >= 11 is 1.70. The van der Waals surface area contributed by atoms with Crippen molar-refractivity contribution in [2.24, 2.45) is 0 Å². The van der Waals surface area contributed by atoms with E-state index in [0.717, 1.165) is 40.9 Å². The summed E-state index contributed by atoms with van der Waals surface area (Å²) in [5, 5.41) is 8.73. The Morgan fingerprint density at radius 3 is 2.17 bits per heavy atom. The molecule has 42 heavy (non-hydrogen) atoms. The number of carbonyl (C=O) groups is 2. The Bertz CT molecular complexity index is 1710. The number of nitrogens with one attached hydrogen (secondary N) is 2. The monoisotopic (exact) mass is 578 g/mol. The van der Waals surface area contributed by atoms with Crippen molar-refractivity contribution in [3.8, 4) is 21.8 Å². The largest absolute Gasteiger partial charge is 0.378 e. The zero-order valence-corrected chi connectivity index (χ0v) is 24.1. The molecule has 10 heteroatoms. The van der Waals surface area contributed by atoms with Crippen LogP contribution in [0.15, 0.2) is 84.2 Å². The van der Waals surface area contributed by atoms with E-state index in [0.29, 0.717) is 36.0 Å². The van der Waals surface area contributed by atoms with E-state index >= 15 is 0 Å². The molecule has 1 saturated heterocycles. The van der Waals surface area contributed by atoms with Crippen LogP contribution in [0.2, 0.25) is 0 Å². The van der Waals surface area contributed by atoms with E-state index in [1.807, 2.05) is 24.3 Å². The first kappa shape index (κ1) is 27.4. The van der Waals surface area contributed by atoms with E-state index in [9.17, 15) is 9.59 Å². The molecular weight excluding hydrogens is 548 g/mol. The highest BCUT2D eigenvalue weighted by atomic mass is 32.1. The van der Waals surface area contributed by atoms with Gasteiger partial charge in [0.1, 0.15) is 5.82 Å². The number of fused-ring (bicyclic) bond motifs is 1. The van der Waals surface area contributed by atoms with Crippen LogP contribution in [0, 0.1) is 0 Å². The number of rotatable bonds is 6. The fourth-order valence-electron chi connectivity index (χ4n) is 4.80. The summed E-state index contributed by atoms with van der Waals surface area (Å²) in [4.78, 5) is 39.6. The maximum absolute atomic E-state index is 12.6. The van der Waals surface area contributed by atoms with E-state index in [4.69, 9.17) is 14.7 Å². The molecule has 1 aliphatic heterocycles. The number of morpholine rings is 1. The van der Waals surface area contributed by atoms with Crippen molar-refractivity contribution in [2.75, 3.05) is 55.9 Å². The smallest absolute Gasteiger partial charge is 0.323 e. The predicted molar refractivity (Wildman–Crippen MR) is 168 cm³/mol. The average molecular weight is 579 g/mol. The van der Waals surface area contributed by atoms with Crippen LogP contribution >= 0.6 is 11.3 Å². The number of aromatic nitrogens is 2. The number of hydrogen-bond donors (Lipinski definition) is 2. The Kier molecular flexibility index (Phi) is 7.81. The molecule has 5 aromatic rings. The zero-order valence-electron chi connectivity index (χ0n) is 23.3. The average Bonchev–Trinajstić information content (AvgIpc) is 3.56. The second-order valence-electron chi connectivity index (χ2n) is 10.1. The summed E-state index contributed by atoms with van der Waals surface area (Å²) in [5.74, 6) is 1.42. The lowest BCUT2D eigenvalue weighted by atomic mass is 10.1. The van der Waals surface area contributed by atoms with E-state index in [1.54, 1.807) is 49.7 Å². The zero-order chi connectivity index (χ0) is 29.1. The van der Waals surface area contributed by atoms with Gasteiger partial charge in [-0.05, 0) is 77.7 Å². The summed E-state index contributed by atoms with van der Waals surface area (Å²) < 4.78 is 5.58. The molecule has 0 aliphatic carbocycles. The highest BCUT2D eigenvalue weighted by molar-refractivity contribution is 7.13. The van der Waals surface area contributed by atoms with Crippen LogP contribution < -0.4 is 15.5 Å². The molecule has 0 radical (unpaired) electrons. The number of amides is 3. The summed E-state index contributed by atoms with van der Waals surface area (Å²) in [5.41, 5.74) is 4.62. The van der Waals surface area contributed by atoms with Crippen LogP contribution in [0.5, 0.6) is 0 Å². The first-order valence-electron chi connectivity index (χ1n) is 13.6. The number of hydrogen-bond acceptors (Lipinski definition) is 7. The van der Waals surface area contributed by atoms with Crippen LogP contribution in [-0.4, -0.2) is 67.2 Å². The molecule has 0 unspecified atom stereocenters. The summed E-state index contributed by atoms with van der Waals surface area (Å²) in [7, 11) is 3.40. The van der Waals surface area contributed by atoms with Gasteiger partial charge in [0.05, 0.1) is 18.7 Å². The van der Waals surface area contributed by atoms with Gasteiger partial charge in [-0.3, -0.25) is 4.79 Å². The molecule has 1 aliphatic rings. The van der Waals surface area contributed by atoms with Crippen molar-refractivity contribution in [3.63, 3.8) is 0 Å². The van der Waals surface area contributed by atoms with Crippen molar-refractivity contribution in [2.45, 2.75) is 0 Å². The highest BCUT2D eigenvalue weighted by Gasteiger charge is 2.19. The third-order valence-corrected chi connectivity index (χ3v) is 7.91. The molecule has 212 valence electrons. The van der Waals surface area contributed by atoms with Crippen LogP contribution in [0.1, 0.15) is 10.4 Å². The maximum Gasteiger partial charge on any atom is 0.323 e. The van der Waals surface area contributed by atoms with Crippen LogP contribution in [0.4, 0.5) is 22.0 Å². The van der Waals surface area contributed by atoms with E-state index in [-0.39, 0.29) is 11.9 Å². The normalized spacial score (nSPS) is 13.1. The lowest BCUT2D eigenvalue weighted by Crippen LogP contribution is -2.37. The summed E-state index contributed by atoms with van der Waals surface area (Å²) in [6.07, 6.45) is 0. The molecular formula is C32H30N6O3S. The number of carbonyl (C=O) groups excluding carboxylic acids is 2. The van der Waals surface area contributed by atoms with Gasteiger partial charge in [-0.2, -0.15) is 0 Å². The SMILES string of the molecule is CN(C)C(=O)c1ccc(NC(=O)Nc2ccc(-c3nc(N4CCOCC4)c4ccc(-c5cccs5)cc4n3)cc2)cc1. The predicted octanol–water partition coefficient (Wildman–Crippen LogP) is 6.21. The number of nitrogens with zero attached hydrogens (tertiary/aromatic N) is 4.